The minimum absolute atomic E-state index is 0.109. The fraction of sp³-hybridized carbons (Fsp3) is 0.294. The summed E-state index contributed by atoms with van der Waals surface area (Å²) in [5, 5.41) is 9.47. The molecule has 0 amide bonds. The first-order valence-electron chi connectivity index (χ1n) is 8.50. The number of ether oxygens (including phenoxy) is 1. The van der Waals surface area contributed by atoms with Crippen molar-refractivity contribution in [2.75, 3.05) is 7.11 Å². The van der Waals surface area contributed by atoms with E-state index in [2.05, 4.69) is 20.1 Å². The first kappa shape index (κ1) is 24.1. The lowest BCUT2D eigenvalue weighted by Gasteiger charge is -2.19. The molecular weight excluding hydrogens is 477 g/mol. The van der Waals surface area contributed by atoms with Crippen molar-refractivity contribution >= 4 is 5.97 Å². The van der Waals surface area contributed by atoms with Crippen molar-refractivity contribution in [3.63, 3.8) is 0 Å². The van der Waals surface area contributed by atoms with E-state index in [1.54, 1.807) is 0 Å². The Hall–Kier alpha value is -3.59. The Labute approximate surface area is 177 Å². The van der Waals surface area contributed by atoms with Gasteiger partial charge in [-0.05, 0) is 12.1 Å². The van der Waals surface area contributed by atoms with Gasteiger partial charge in [0.15, 0.2) is 11.5 Å². The van der Waals surface area contributed by atoms with Crippen LogP contribution in [0.2, 0.25) is 0 Å². The lowest BCUT2D eigenvalue weighted by atomic mass is 10.1. The molecule has 0 unspecified atom stereocenters. The molecule has 2 heterocycles. The number of carbonyl (C=O) groups is 1. The first-order chi connectivity index (χ1) is 15.1. The van der Waals surface area contributed by atoms with Gasteiger partial charge in [-0.3, -0.25) is 0 Å². The van der Waals surface area contributed by atoms with Crippen molar-refractivity contribution in [1.29, 1.82) is 0 Å². The lowest BCUT2D eigenvalue weighted by Crippen LogP contribution is -2.36. The number of benzene rings is 1. The Kier molecular flexibility index (Phi) is 5.67. The van der Waals surface area contributed by atoms with Crippen LogP contribution in [-0.4, -0.2) is 44.0 Å². The lowest BCUT2D eigenvalue weighted by molar-refractivity contribution is -0.292. The largest absolute Gasteiger partial charge is 0.465 e. The van der Waals surface area contributed by atoms with Gasteiger partial charge in [-0.25, -0.2) is 18.5 Å². The van der Waals surface area contributed by atoms with Gasteiger partial charge in [0.2, 0.25) is 0 Å². The maximum Gasteiger partial charge on any atom is 0.459 e. The molecule has 0 bridgehead atoms. The van der Waals surface area contributed by atoms with E-state index in [9.17, 15) is 44.3 Å². The molecule has 16 heteroatoms. The summed E-state index contributed by atoms with van der Waals surface area (Å²) in [6.07, 6.45) is -11.4. The SMILES string of the molecule is COC(=O)c1cccc(-c2cn(-c3c(C(F)(F)F)c(C(F)(F)C(F)(F)F)nn3C)nn2)c1F. The molecule has 2 aromatic heterocycles. The summed E-state index contributed by atoms with van der Waals surface area (Å²) in [5.74, 6) is -9.53. The van der Waals surface area contributed by atoms with Gasteiger partial charge in [0.25, 0.3) is 0 Å². The third kappa shape index (κ3) is 4.00. The summed E-state index contributed by atoms with van der Waals surface area (Å²) in [6, 6.07) is 3.31. The molecule has 3 rings (SSSR count). The molecule has 0 aliphatic heterocycles. The van der Waals surface area contributed by atoms with Crippen LogP contribution in [0.15, 0.2) is 24.4 Å². The maximum atomic E-state index is 14.6. The summed E-state index contributed by atoms with van der Waals surface area (Å²) < 4.78 is 126. The quantitative estimate of drug-likeness (QED) is 0.406. The molecule has 3 aromatic rings. The van der Waals surface area contributed by atoms with E-state index in [0.717, 1.165) is 19.2 Å². The Bertz CT molecular complexity index is 1210. The Morgan fingerprint density at radius 2 is 1.70 bits per heavy atom. The second kappa shape index (κ2) is 7.77. The average Bonchev–Trinajstić information content (AvgIpc) is 3.31. The van der Waals surface area contributed by atoms with E-state index in [4.69, 9.17) is 0 Å². The summed E-state index contributed by atoms with van der Waals surface area (Å²) in [7, 11) is 1.65. The smallest absolute Gasteiger partial charge is 0.459 e. The number of hydrogen-bond acceptors (Lipinski definition) is 5. The molecule has 178 valence electrons. The van der Waals surface area contributed by atoms with Crippen molar-refractivity contribution in [3.05, 3.63) is 47.0 Å². The Morgan fingerprint density at radius 3 is 2.24 bits per heavy atom. The average molecular weight is 487 g/mol. The molecular formula is C17H10F9N5O2. The predicted octanol–water partition coefficient (Wildman–Crippen LogP) is 4.27. The zero-order valence-electron chi connectivity index (χ0n) is 16.3. The fourth-order valence-electron chi connectivity index (χ4n) is 2.88. The zero-order valence-corrected chi connectivity index (χ0v) is 16.3. The number of esters is 1. The molecule has 0 aliphatic rings. The molecule has 0 aliphatic carbocycles. The molecule has 7 nitrogen and oxygen atoms in total. The summed E-state index contributed by atoms with van der Waals surface area (Å²) in [5.41, 5.74) is -6.44. The topological polar surface area (TPSA) is 74.8 Å². The minimum atomic E-state index is -6.37. The van der Waals surface area contributed by atoms with Crippen LogP contribution >= 0.6 is 0 Å². The first-order valence-corrected chi connectivity index (χ1v) is 8.50. The summed E-state index contributed by atoms with van der Waals surface area (Å²) >= 11 is 0. The maximum absolute atomic E-state index is 14.6. The van der Waals surface area contributed by atoms with E-state index in [-0.39, 0.29) is 9.36 Å². The predicted molar refractivity (Wildman–Crippen MR) is 89.8 cm³/mol. The van der Waals surface area contributed by atoms with Crippen LogP contribution in [0.5, 0.6) is 0 Å². The van der Waals surface area contributed by atoms with Crippen LogP contribution in [0, 0.1) is 5.82 Å². The highest BCUT2D eigenvalue weighted by Crippen LogP contribution is 2.49. The standard InChI is InChI=1S/C17H10F9N5O2/c1-30-13(10(16(21,22)23)12(28-30)15(19,20)17(24,25)26)31-6-9(27-29-31)7-4-3-5-8(11(7)18)14(32)33-2/h3-6H,1-2H3. The van der Waals surface area contributed by atoms with Crippen LogP contribution in [0.25, 0.3) is 17.1 Å². The van der Waals surface area contributed by atoms with Gasteiger partial charge >= 0.3 is 24.2 Å². The molecule has 0 saturated heterocycles. The Balaban J connectivity index is 2.21. The fourth-order valence-corrected chi connectivity index (χ4v) is 2.88. The normalized spacial score (nSPS) is 12.8. The van der Waals surface area contributed by atoms with Gasteiger partial charge < -0.3 is 4.74 Å². The second-order valence-electron chi connectivity index (χ2n) is 6.45. The number of nitrogens with zero attached hydrogens (tertiary/aromatic N) is 5. The van der Waals surface area contributed by atoms with Crippen LogP contribution < -0.4 is 0 Å². The number of halogens is 9. The van der Waals surface area contributed by atoms with Crippen molar-refractivity contribution in [3.8, 4) is 17.1 Å². The van der Waals surface area contributed by atoms with E-state index in [1.807, 2.05) is 0 Å². The van der Waals surface area contributed by atoms with Crippen LogP contribution in [0.3, 0.4) is 0 Å². The molecule has 0 N–H and O–H groups in total. The Morgan fingerprint density at radius 1 is 1.06 bits per heavy atom. The van der Waals surface area contributed by atoms with Gasteiger partial charge in [-0.15, -0.1) is 5.10 Å². The molecule has 0 fully saturated rings. The third-order valence-corrected chi connectivity index (χ3v) is 4.34. The molecule has 33 heavy (non-hydrogen) atoms. The molecule has 0 spiro atoms. The van der Waals surface area contributed by atoms with Gasteiger partial charge in [-0.2, -0.15) is 40.2 Å². The summed E-state index contributed by atoms with van der Waals surface area (Å²) in [4.78, 5) is 11.6. The van der Waals surface area contributed by atoms with Crippen molar-refractivity contribution in [2.24, 2.45) is 7.05 Å². The summed E-state index contributed by atoms with van der Waals surface area (Å²) in [6.45, 7) is 0. The highest BCUT2D eigenvalue weighted by Gasteiger charge is 2.64. The second-order valence-corrected chi connectivity index (χ2v) is 6.45. The van der Waals surface area contributed by atoms with Crippen molar-refractivity contribution in [1.82, 2.24) is 24.8 Å². The zero-order chi connectivity index (χ0) is 24.9. The number of rotatable bonds is 4. The molecule has 0 saturated carbocycles. The number of carbonyl (C=O) groups excluding carboxylic acids is 1. The number of alkyl halides is 8. The number of hydrogen-bond donors (Lipinski definition) is 0. The van der Waals surface area contributed by atoms with Crippen LogP contribution in [0.4, 0.5) is 39.5 Å². The van der Waals surface area contributed by atoms with Crippen LogP contribution in [0.1, 0.15) is 21.6 Å². The van der Waals surface area contributed by atoms with E-state index < -0.39 is 64.0 Å². The molecule has 0 radical (unpaired) electrons. The van der Waals surface area contributed by atoms with Gasteiger partial charge in [0.1, 0.15) is 17.1 Å². The van der Waals surface area contributed by atoms with Gasteiger partial charge in [0.05, 0.1) is 18.9 Å². The van der Waals surface area contributed by atoms with Gasteiger partial charge in [0, 0.05) is 12.6 Å². The van der Waals surface area contributed by atoms with Crippen molar-refractivity contribution < 1.29 is 49.0 Å². The monoisotopic (exact) mass is 487 g/mol. The number of aryl methyl sites for hydroxylation is 1. The minimum Gasteiger partial charge on any atom is -0.465 e. The van der Waals surface area contributed by atoms with E-state index >= 15 is 0 Å². The highest BCUT2D eigenvalue weighted by atomic mass is 19.4. The van der Waals surface area contributed by atoms with Crippen molar-refractivity contribution in [2.45, 2.75) is 18.3 Å². The molecule has 0 atom stereocenters. The highest BCUT2D eigenvalue weighted by molar-refractivity contribution is 5.91. The number of aromatic nitrogens is 5. The third-order valence-electron chi connectivity index (χ3n) is 4.34. The van der Waals surface area contributed by atoms with E-state index in [1.165, 1.54) is 6.07 Å². The van der Waals surface area contributed by atoms with E-state index in [0.29, 0.717) is 13.2 Å². The molecule has 1 aromatic carbocycles. The number of methoxy groups -OCH3 is 1. The van der Waals surface area contributed by atoms with Crippen LogP contribution in [-0.2, 0) is 23.9 Å². The van der Waals surface area contributed by atoms with Gasteiger partial charge in [-0.1, -0.05) is 11.3 Å².